The van der Waals surface area contributed by atoms with Gasteiger partial charge in [0.2, 0.25) is 5.91 Å². The number of aliphatic hydroxyl groups excluding tert-OH is 1. The van der Waals surface area contributed by atoms with Crippen molar-refractivity contribution in [1.29, 1.82) is 0 Å². The number of thioether (sulfide) groups is 1. The Morgan fingerprint density at radius 2 is 2.11 bits per heavy atom. The minimum Gasteiger partial charge on any atom is -0.396 e. The Bertz CT molecular complexity index is 356. The molecule has 0 aliphatic heterocycles. The molecular weight excluding hydrogens is 258 g/mol. The van der Waals surface area contributed by atoms with Crippen molar-refractivity contribution in [3.8, 4) is 0 Å². The van der Waals surface area contributed by atoms with Crippen molar-refractivity contribution in [2.45, 2.75) is 32.2 Å². The molecule has 0 bridgehead atoms. The van der Waals surface area contributed by atoms with Gasteiger partial charge in [0.05, 0.1) is 5.75 Å². The second-order valence-electron chi connectivity index (χ2n) is 4.47. The first kappa shape index (κ1) is 16.1. The molecule has 0 fully saturated rings. The number of carbonyl (C=O) groups excluding carboxylic acids is 1. The number of carbonyl (C=O) groups is 1. The van der Waals surface area contributed by atoms with Gasteiger partial charge in [-0.05, 0) is 30.6 Å². The van der Waals surface area contributed by atoms with Crippen molar-refractivity contribution in [1.82, 2.24) is 5.32 Å². The first-order valence-electron chi connectivity index (χ1n) is 6.78. The fourth-order valence-corrected chi connectivity index (χ4v) is 2.60. The lowest BCUT2D eigenvalue weighted by molar-refractivity contribution is -0.119. The van der Waals surface area contributed by atoms with Crippen molar-refractivity contribution in [3.63, 3.8) is 0 Å². The van der Waals surface area contributed by atoms with Crippen molar-refractivity contribution in [2.75, 3.05) is 18.1 Å². The molecule has 0 radical (unpaired) electrons. The quantitative estimate of drug-likeness (QED) is 0.683. The van der Waals surface area contributed by atoms with E-state index in [0.29, 0.717) is 12.2 Å². The minimum atomic E-state index is 0.0679. The van der Waals surface area contributed by atoms with Crippen molar-refractivity contribution >= 4 is 17.7 Å². The van der Waals surface area contributed by atoms with E-state index in [1.807, 2.05) is 25.1 Å². The third-order valence-electron chi connectivity index (χ3n) is 2.95. The van der Waals surface area contributed by atoms with E-state index in [4.69, 9.17) is 5.11 Å². The number of amides is 1. The Balaban J connectivity index is 2.13. The molecule has 1 rings (SSSR count). The third-order valence-corrected chi connectivity index (χ3v) is 3.91. The van der Waals surface area contributed by atoms with Gasteiger partial charge in [0.25, 0.3) is 0 Å². The van der Waals surface area contributed by atoms with Gasteiger partial charge in [0, 0.05) is 12.6 Å². The molecule has 4 heteroatoms. The van der Waals surface area contributed by atoms with Crippen LogP contribution in [0.1, 0.15) is 25.3 Å². The van der Waals surface area contributed by atoms with Crippen molar-refractivity contribution in [3.05, 3.63) is 35.9 Å². The van der Waals surface area contributed by atoms with E-state index in [1.54, 1.807) is 11.8 Å². The monoisotopic (exact) mass is 281 g/mol. The summed E-state index contributed by atoms with van der Waals surface area (Å²) in [7, 11) is 0. The van der Waals surface area contributed by atoms with Gasteiger partial charge < -0.3 is 10.4 Å². The van der Waals surface area contributed by atoms with Gasteiger partial charge in [0.15, 0.2) is 0 Å². The van der Waals surface area contributed by atoms with Crippen LogP contribution in [0.15, 0.2) is 30.3 Å². The van der Waals surface area contributed by atoms with Gasteiger partial charge in [-0.15, -0.1) is 0 Å². The molecule has 0 saturated carbocycles. The molecule has 0 heterocycles. The number of aryl methyl sites for hydroxylation is 1. The number of nitrogens with one attached hydrogen (secondary N) is 1. The summed E-state index contributed by atoms with van der Waals surface area (Å²) in [6.07, 6.45) is 2.49. The first-order valence-corrected chi connectivity index (χ1v) is 7.93. The predicted molar refractivity (Wildman–Crippen MR) is 81.4 cm³/mol. The van der Waals surface area contributed by atoms with Crippen LogP contribution in [0.5, 0.6) is 0 Å². The molecule has 0 aliphatic carbocycles. The van der Waals surface area contributed by atoms with Gasteiger partial charge in [0.1, 0.15) is 0 Å². The van der Waals surface area contributed by atoms with Crippen LogP contribution in [0.25, 0.3) is 0 Å². The maximum absolute atomic E-state index is 11.7. The summed E-state index contributed by atoms with van der Waals surface area (Å²) in [4.78, 5) is 11.7. The van der Waals surface area contributed by atoms with Gasteiger partial charge in [-0.3, -0.25) is 4.79 Å². The summed E-state index contributed by atoms with van der Waals surface area (Å²) >= 11 is 1.65. The van der Waals surface area contributed by atoms with Crippen molar-refractivity contribution in [2.24, 2.45) is 0 Å². The van der Waals surface area contributed by atoms with Crippen LogP contribution < -0.4 is 5.32 Å². The second-order valence-corrected chi connectivity index (χ2v) is 5.58. The first-order chi connectivity index (χ1) is 9.26. The second kappa shape index (κ2) is 9.87. The van der Waals surface area contributed by atoms with E-state index in [0.717, 1.165) is 18.6 Å². The summed E-state index contributed by atoms with van der Waals surface area (Å²) < 4.78 is 0. The lowest BCUT2D eigenvalue weighted by Crippen LogP contribution is -2.36. The average molecular weight is 281 g/mol. The molecule has 0 saturated heterocycles. The molecule has 1 unspecified atom stereocenters. The predicted octanol–water partition coefficient (Wildman–Crippen LogP) is 2.24. The molecule has 0 spiro atoms. The lowest BCUT2D eigenvalue weighted by atomic mass is 10.1. The highest BCUT2D eigenvalue weighted by Crippen LogP contribution is 2.07. The number of hydrogen-bond donors (Lipinski definition) is 2. The minimum absolute atomic E-state index is 0.0679. The normalized spacial score (nSPS) is 12.1. The summed E-state index contributed by atoms with van der Waals surface area (Å²) in [5.74, 6) is 1.52. The number of rotatable bonds is 9. The van der Waals surface area contributed by atoms with Gasteiger partial charge in [-0.2, -0.15) is 11.8 Å². The molecular formula is C15H23NO2S. The Hall–Kier alpha value is -1.00. The molecule has 0 aliphatic rings. The van der Waals surface area contributed by atoms with E-state index in [-0.39, 0.29) is 18.6 Å². The maximum Gasteiger partial charge on any atom is 0.230 e. The molecule has 1 atom stereocenters. The van der Waals surface area contributed by atoms with Crippen LogP contribution in [0.3, 0.4) is 0 Å². The smallest absolute Gasteiger partial charge is 0.230 e. The zero-order valence-corrected chi connectivity index (χ0v) is 12.3. The lowest BCUT2D eigenvalue weighted by Gasteiger charge is -2.15. The Labute approximate surface area is 119 Å². The van der Waals surface area contributed by atoms with Crippen LogP contribution in [-0.4, -0.2) is 35.2 Å². The largest absolute Gasteiger partial charge is 0.396 e. The summed E-state index contributed by atoms with van der Waals surface area (Å²) in [6, 6.07) is 10.4. The molecule has 1 amide bonds. The summed E-state index contributed by atoms with van der Waals surface area (Å²) in [5, 5.41) is 11.8. The number of hydrogen-bond acceptors (Lipinski definition) is 3. The fourth-order valence-electron chi connectivity index (χ4n) is 1.80. The van der Waals surface area contributed by atoms with E-state index < -0.39 is 0 Å². The standard InChI is InChI=1S/C15H23NO2S/c1-2-14(8-10-17)16-15(18)12-19-11-9-13-6-4-3-5-7-13/h3-7,14,17H,2,8-12H2,1H3,(H,16,18). The van der Waals surface area contributed by atoms with Crippen LogP contribution >= 0.6 is 11.8 Å². The zero-order valence-electron chi connectivity index (χ0n) is 11.5. The summed E-state index contributed by atoms with van der Waals surface area (Å²) in [6.45, 7) is 2.14. The van der Waals surface area contributed by atoms with Crippen LogP contribution in [-0.2, 0) is 11.2 Å². The Morgan fingerprint density at radius 3 is 2.74 bits per heavy atom. The molecule has 106 valence electrons. The van der Waals surface area contributed by atoms with Crippen LogP contribution in [0.4, 0.5) is 0 Å². The van der Waals surface area contributed by atoms with Gasteiger partial charge in [-0.1, -0.05) is 37.3 Å². The van der Waals surface area contributed by atoms with Crippen LogP contribution in [0.2, 0.25) is 0 Å². The average Bonchev–Trinajstić information content (AvgIpc) is 2.44. The zero-order chi connectivity index (χ0) is 13.9. The van der Waals surface area contributed by atoms with E-state index >= 15 is 0 Å². The Morgan fingerprint density at radius 1 is 1.37 bits per heavy atom. The molecule has 1 aromatic rings. The summed E-state index contributed by atoms with van der Waals surface area (Å²) in [5.41, 5.74) is 1.31. The molecule has 3 nitrogen and oxygen atoms in total. The molecule has 1 aromatic carbocycles. The van der Waals surface area contributed by atoms with E-state index in [1.165, 1.54) is 5.56 Å². The van der Waals surface area contributed by atoms with Crippen LogP contribution in [0, 0.1) is 0 Å². The van der Waals surface area contributed by atoms with Crippen molar-refractivity contribution < 1.29 is 9.90 Å². The SMILES string of the molecule is CCC(CCO)NC(=O)CSCCc1ccccc1. The topological polar surface area (TPSA) is 49.3 Å². The maximum atomic E-state index is 11.7. The van der Waals surface area contributed by atoms with E-state index in [9.17, 15) is 4.79 Å². The van der Waals surface area contributed by atoms with E-state index in [2.05, 4.69) is 17.4 Å². The Kier molecular flexibility index (Phi) is 8.34. The molecule has 2 N–H and O–H groups in total. The highest BCUT2D eigenvalue weighted by molar-refractivity contribution is 7.99. The number of benzene rings is 1. The highest BCUT2D eigenvalue weighted by atomic mass is 32.2. The van der Waals surface area contributed by atoms with Gasteiger partial charge >= 0.3 is 0 Å². The highest BCUT2D eigenvalue weighted by Gasteiger charge is 2.09. The fraction of sp³-hybridized carbons (Fsp3) is 0.533. The number of aliphatic hydroxyl groups is 1. The molecule has 0 aromatic heterocycles. The van der Waals surface area contributed by atoms with Gasteiger partial charge in [-0.25, -0.2) is 0 Å². The molecule has 19 heavy (non-hydrogen) atoms. The third kappa shape index (κ3) is 7.23.